The Hall–Kier alpha value is -3.78. The van der Waals surface area contributed by atoms with Gasteiger partial charge >= 0.3 is 5.97 Å². The maximum absolute atomic E-state index is 12.7. The summed E-state index contributed by atoms with van der Waals surface area (Å²) in [6, 6.07) is 19.5. The number of para-hydroxylation sites is 1. The first-order valence-corrected chi connectivity index (χ1v) is 10.1. The topological polar surface area (TPSA) is 86.0 Å². The fraction of sp³-hybridized carbons (Fsp3) is 0.0870. The number of amides is 2. The average Bonchev–Trinajstić information content (AvgIpc) is 3.35. The molecule has 1 aliphatic rings. The SMILES string of the molecule is COC(=O)c1ccc(CN2C(=O)SC(=Cc3cccc(Oc4ccccc4)c3)C2=O)o1. The van der Waals surface area contributed by atoms with E-state index in [1.54, 1.807) is 12.1 Å². The van der Waals surface area contributed by atoms with Crippen molar-refractivity contribution >= 4 is 35.0 Å². The Morgan fingerprint density at radius 3 is 2.58 bits per heavy atom. The minimum atomic E-state index is -0.627. The van der Waals surface area contributed by atoms with Crippen LogP contribution in [0.15, 0.2) is 76.1 Å². The highest BCUT2D eigenvalue weighted by molar-refractivity contribution is 8.18. The molecule has 1 aromatic heterocycles. The highest BCUT2D eigenvalue weighted by Crippen LogP contribution is 2.34. The number of esters is 1. The second kappa shape index (κ2) is 8.93. The van der Waals surface area contributed by atoms with Crippen molar-refractivity contribution in [3.63, 3.8) is 0 Å². The molecule has 0 atom stereocenters. The van der Waals surface area contributed by atoms with E-state index in [0.717, 1.165) is 22.2 Å². The third-order valence-corrected chi connectivity index (χ3v) is 5.28. The van der Waals surface area contributed by atoms with E-state index < -0.39 is 17.1 Å². The minimum absolute atomic E-state index is 0.00949. The normalized spacial score (nSPS) is 14.9. The number of methoxy groups -OCH3 is 1. The molecule has 4 rings (SSSR count). The lowest BCUT2D eigenvalue weighted by atomic mass is 10.2. The minimum Gasteiger partial charge on any atom is -0.463 e. The second-order valence-electron chi connectivity index (χ2n) is 6.51. The molecule has 2 heterocycles. The molecule has 31 heavy (non-hydrogen) atoms. The quantitative estimate of drug-likeness (QED) is 0.393. The first kappa shape index (κ1) is 20.5. The molecule has 0 spiro atoms. The third kappa shape index (κ3) is 4.70. The zero-order valence-electron chi connectivity index (χ0n) is 16.4. The van der Waals surface area contributed by atoms with Gasteiger partial charge in [0.25, 0.3) is 11.1 Å². The molecule has 1 saturated heterocycles. The summed E-state index contributed by atoms with van der Waals surface area (Å²) >= 11 is 0.848. The Kier molecular flexibility index (Phi) is 5.90. The number of ether oxygens (including phenoxy) is 2. The van der Waals surface area contributed by atoms with Crippen LogP contribution in [-0.2, 0) is 16.1 Å². The largest absolute Gasteiger partial charge is 0.463 e. The van der Waals surface area contributed by atoms with Crippen molar-refractivity contribution in [2.45, 2.75) is 6.54 Å². The number of nitrogens with zero attached hydrogens (tertiary/aromatic N) is 1. The Balaban J connectivity index is 1.49. The number of carbonyl (C=O) groups is 3. The summed E-state index contributed by atoms with van der Waals surface area (Å²) in [5, 5.41) is -0.413. The zero-order valence-corrected chi connectivity index (χ0v) is 17.3. The van der Waals surface area contributed by atoms with Gasteiger partial charge in [-0.1, -0.05) is 30.3 Å². The molecular formula is C23H17NO6S. The van der Waals surface area contributed by atoms with Crippen molar-refractivity contribution in [3.8, 4) is 11.5 Å². The molecule has 1 aliphatic heterocycles. The number of benzene rings is 2. The van der Waals surface area contributed by atoms with E-state index in [1.165, 1.54) is 19.2 Å². The molecule has 0 N–H and O–H groups in total. The lowest BCUT2D eigenvalue weighted by Crippen LogP contribution is -2.27. The average molecular weight is 435 g/mol. The Morgan fingerprint density at radius 2 is 1.81 bits per heavy atom. The van der Waals surface area contributed by atoms with Crippen molar-refractivity contribution in [2.24, 2.45) is 0 Å². The summed E-state index contributed by atoms with van der Waals surface area (Å²) < 4.78 is 15.8. The van der Waals surface area contributed by atoms with Gasteiger partial charge in [-0.05, 0) is 59.8 Å². The highest BCUT2D eigenvalue weighted by atomic mass is 32.2. The summed E-state index contributed by atoms with van der Waals surface area (Å²) in [6.07, 6.45) is 1.64. The number of furan rings is 1. The van der Waals surface area contributed by atoms with Gasteiger partial charge < -0.3 is 13.9 Å². The molecule has 0 aliphatic carbocycles. The predicted octanol–water partition coefficient (Wildman–Crippen LogP) is 5.10. The second-order valence-corrected chi connectivity index (χ2v) is 7.51. The Morgan fingerprint density at radius 1 is 1.03 bits per heavy atom. The molecule has 8 heteroatoms. The molecular weight excluding hydrogens is 418 g/mol. The van der Waals surface area contributed by atoms with Gasteiger partial charge in [-0.2, -0.15) is 0 Å². The van der Waals surface area contributed by atoms with Gasteiger partial charge in [-0.25, -0.2) is 4.79 Å². The van der Waals surface area contributed by atoms with E-state index in [1.807, 2.05) is 48.5 Å². The van der Waals surface area contributed by atoms with Crippen LogP contribution >= 0.6 is 11.8 Å². The van der Waals surface area contributed by atoms with Crippen LogP contribution in [0.3, 0.4) is 0 Å². The molecule has 7 nitrogen and oxygen atoms in total. The number of hydrogen-bond donors (Lipinski definition) is 0. The van der Waals surface area contributed by atoms with E-state index in [0.29, 0.717) is 22.2 Å². The molecule has 1 fully saturated rings. The number of imide groups is 1. The van der Waals surface area contributed by atoms with Crippen molar-refractivity contribution in [1.29, 1.82) is 0 Å². The Labute approximate surface area is 182 Å². The summed E-state index contributed by atoms with van der Waals surface area (Å²) in [4.78, 5) is 38.0. The van der Waals surface area contributed by atoms with Gasteiger partial charge in [0.2, 0.25) is 5.76 Å². The first-order chi connectivity index (χ1) is 15.0. The fourth-order valence-electron chi connectivity index (χ4n) is 2.91. The molecule has 0 saturated carbocycles. The van der Waals surface area contributed by atoms with Gasteiger partial charge in [0.15, 0.2) is 0 Å². The van der Waals surface area contributed by atoms with Gasteiger partial charge in [0, 0.05) is 0 Å². The molecule has 2 amide bonds. The van der Waals surface area contributed by atoms with Crippen LogP contribution in [0.1, 0.15) is 21.9 Å². The number of hydrogen-bond acceptors (Lipinski definition) is 7. The highest BCUT2D eigenvalue weighted by Gasteiger charge is 2.35. The maximum Gasteiger partial charge on any atom is 0.373 e. The summed E-state index contributed by atoms with van der Waals surface area (Å²) in [5.74, 6) is 0.575. The lowest BCUT2D eigenvalue weighted by molar-refractivity contribution is -0.123. The van der Waals surface area contributed by atoms with Crippen LogP contribution in [-0.4, -0.2) is 29.1 Å². The fourth-order valence-corrected chi connectivity index (χ4v) is 3.75. The smallest absolute Gasteiger partial charge is 0.373 e. The van der Waals surface area contributed by atoms with Crippen molar-refractivity contribution in [3.05, 3.63) is 88.7 Å². The van der Waals surface area contributed by atoms with Crippen LogP contribution in [0.2, 0.25) is 0 Å². The molecule has 0 bridgehead atoms. The number of carbonyl (C=O) groups excluding carboxylic acids is 3. The third-order valence-electron chi connectivity index (χ3n) is 4.37. The van der Waals surface area contributed by atoms with Crippen LogP contribution < -0.4 is 4.74 Å². The summed E-state index contributed by atoms with van der Waals surface area (Å²) in [6.45, 7) is -0.0733. The van der Waals surface area contributed by atoms with Crippen molar-refractivity contribution < 1.29 is 28.3 Å². The van der Waals surface area contributed by atoms with Crippen molar-refractivity contribution in [2.75, 3.05) is 7.11 Å². The number of rotatable bonds is 6. The molecule has 2 aromatic carbocycles. The predicted molar refractivity (Wildman–Crippen MR) is 115 cm³/mol. The molecule has 3 aromatic rings. The molecule has 0 radical (unpaired) electrons. The van der Waals surface area contributed by atoms with E-state index >= 15 is 0 Å². The molecule has 156 valence electrons. The van der Waals surface area contributed by atoms with E-state index in [9.17, 15) is 14.4 Å². The van der Waals surface area contributed by atoms with E-state index in [2.05, 4.69) is 4.74 Å². The van der Waals surface area contributed by atoms with Crippen LogP contribution in [0.25, 0.3) is 6.08 Å². The van der Waals surface area contributed by atoms with Gasteiger partial charge in [0.1, 0.15) is 17.3 Å². The van der Waals surface area contributed by atoms with E-state index in [4.69, 9.17) is 9.15 Å². The maximum atomic E-state index is 12.7. The van der Waals surface area contributed by atoms with E-state index in [-0.39, 0.29) is 12.3 Å². The lowest BCUT2D eigenvalue weighted by Gasteiger charge is -2.10. The molecule has 0 unspecified atom stereocenters. The van der Waals surface area contributed by atoms with Gasteiger partial charge in [-0.15, -0.1) is 0 Å². The van der Waals surface area contributed by atoms with Gasteiger partial charge in [-0.3, -0.25) is 14.5 Å². The zero-order chi connectivity index (χ0) is 21.8. The number of thioether (sulfide) groups is 1. The first-order valence-electron chi connectivity index (χ1n) is 9.29. The summed E-state index contributed by atoms with van der Waals surface area (Å²) in [5.41, 5.74) is 0.727. The van der Waals surface area contributed by atoms with Crippen molar-refractivity contribution in [1.82, 2.24) is 4.90 Å². The monoisotopic (exact) mass is 435 g/mol. The standard InChI is InChI=1S/C23H17NO6S/c1-28-22(26)19-11-10-18(30-19)14-24-21(25)20(31-23(24)27)13-15-6-5-9-17(12-15)29-16-7-3-2-4-8-16/h2-13H,14H2,1H3. The summed E-state index contributed by atoms with van der Waals surface area (Å²) in [7, 11) is 1.24. The van der Waals surface area contributed by atoms with Crippen LogP contribution in [0.5, 0.6) is 11.5 Å². The van der Waals surface area contributed by atoms with Crippen LogP contribution in [0.4, 0.5) is 4.79 Å². The van der Waals surface area contributed by atoms with Gasteiger partial charge in [0.05, 0.1) is 18.6 Å². The Bertz CT molecular complexity index is 1170. The van der Waals surface area contributed by atoms with Crippen LogP contribution in [0, 0.1) is 0 Å².